The van der Waals surface area contributed by atoms with E-state index < -0.39 is 0 Å². The lowest BCUT2D eigenvalue weighted by Crippen LogP contribution is -2.55. The summed E-state index contributed by atoms with van der Waals surface area (Å²) in [6.45, 7) is 9.38. The lowest BCUT2D eigenvalue weighted by molar-refractivity contribution is 0.0379. The van der Waals surface area contributed by atoms with Crippen LogP contribution in [0.2, 0.25) is 0 Å². The molecule has 1 atom stereocenters. The zero-order chi connectivity index (χ0) is 15.1. The Morgan fingerprint density at radius 1 is 1.19 bits per heavy atom. The average Bonchev–Trinajstić information content (AvgIpc) is 2.49. The Morgan fingerprint density at radius 3 is 2.62 bits per heavy atom. The monoisotopic (exact) mass is 290 g/mol. The molecule has 118 valence electrons. The summed E-state index contributed by atoms with van der Waals surface area (Å²) in [6, 6.07) is 11.8. The van der Waals surface area contributed by atoms with Crippen molar-refractivity contribution in [2.24, 2.45) is 0 Å². The number of nitrogens with zero attached hydrogens (tertiary/aromatic N) is 2. The molecule has 0 unspecified atom stereocenters. The zero-order valence-electron chi connectivity index (χ0n) is 13.5. The van der Waals surface area contributed by atoms with Crippen LogP contribution in [0.15, 0.2) is 30.3 Å². The Bertz CT molecular complexity index is 393. The maximum atomic E-state index is 9.28. The number of rotatable bonds is 7. The van der Waals surface area contributed by atoms with Gasteiger partial charge in [-0.15, -0.1) is 0 Å². The largest absolute Gasteiger partial charge is 0.396 e. The molecule has 0 saturated carbocycles. The first-order valence-electron chi connectivity index (χ1n) is 8.33. The first-order chi connectivity index (χ1) is 10.2. The molecule has 1 heterocycles. The van der Waals surface area contributed by atoms with Crippen molar-refractivity contribution in [1.29, 1.82) is 0 Å². The van der Waals surface area contributed by atoms with Gasteiger partial charge in [-0.2, -0.15) is 0 Å². The van der Waals surface area contributed by atoms with E-state index in [1.165, 1.54) is 18.5 Å². The highest BCUT2D eigenvalue weighted by Gasteiger charge is 2.27. The number of benzene rings is 1. The molecule has 2 rings (SSSR count). The van der Waals surface area contributed by atoms with E-state index in [0.29, 0.717) is 18.7 Å². The Kier molecular flexibility index (Phi) is 6.68. The summed E-state index contributed by atoms with van der Waals surface area (Å²) < 4.78 is 0. The Balaban J connectivity index is 1.77. The van der Waals surface area contributed by atoms with E-state index >= 15 is 0 Å². The van der Waals surface area contributed by atoms with Crippen LogP contribution in [-0.4, -0.2) is 59.8 Å². The lowest BCUT2D eigenvalue weighted by atomic mass is 10.1. The molecular weight excluding hydrogens is 260 g/mol. The van der Waals surface area contributed by atoms with Crippen LogP contribution in [0.4, 0.5) is 0 Å². The van der Waals surface area contributed by atoms with Crippen LogP contribution >= 0.6 is 0 Å². The summed E-state index contributed by atoms with van der Waals surface area (Å²) in [6.07, 6.45) is 3.28. The minimum absolute atomic E-state index is 0.297. The van der Waals surface area contributed by atoms with Gasteiger partial charge < -0.3 is 10.0 Å². The molecule has 1 aromatic carbocycles. The molecule has 1 saturated heterocycles. The van der Waals surface area contributed by atoms with Crippen LogP contribution in [0.3, 0.4) is 0 Å². The van der Waals surface area contributed by atoms with E-state index in [0.717, 1.165) is 32.5 Å². The van der Waals surface area contributed by atoms with Crippen molar-refractivity contribution in [3.05, 3.63) is 35.9 Å². The molecule has 1 fully saturated rings. The Hall–Kier alpha value is -0.900. The molecule has 3 heteroatoms. The van der Waals surface area contributed by atoms with Crippen molar-refractivity contribution in [2.75, 3.05) is 32.8 Å². The van der Waals surface area contributed by atoms with Gasteiger partial charge in [0.25, 0.3) is 0 Å². The fraction of sp³-hybridized carbons (Fsp3) is 0.667. The predicted molar refractivity (Wildman–Crippen MR) is 88.5 cm³/mol. The van der Waals surface area contributed by atoms with Crippen LogP contribution in [0.25, 0.3) is 0 Å². The molecule has 1 N–H and O–H groups in total. The van der Waals surface area contributed by atoms with Gasteiger partial charge in [-0.3, -0.25) is 4.90 Å². The number of hydrogen-bond acceptors (Lipinski definition) is 3. The summed E-state index contributed by atoms with van der Waals surface area (Å²) >= 11 is 0. The maximum absolute atomic E-state index is 9.28. The molecular formula is C18H30N2O. The summed E-state index contributed by atoms with van der Waals surface area (Å²) in [5.74, 6) is 0. The SMILES string of the molecule is CC(C)N1CCN(CCCc2ccccc2)C[C@@H]1CCO. The highest BCUT2D eigenvalue weighted by atomic mass is 16.3. The van der Waals surface area contributed by atoms with Crippen molar-refractivity contribution in [3.63, 3.8) is 0 Å². The zero-order valence-corrected chi connectivity index (χ0v) is 13.5. The second kappa shape index (κ2) is 8.52. The van der Waals surface area contributed by atoms with Gasteiger partial charge in [0.05, 0.1) is 0 Å². The quantitative estimate of drug-likeness (QED) is 0.835. The molecule has 0 amide bonds. The third-order valence-electron chi connectivity index (χ3n) is 4.52. The number of aliphatic hydroxyl groups excluding tert-OH is 1. The Morgan fingerprint density at radius 2 is 1.95 bits per heavy atom. The molecule has 1 aliphatic rings. The van der Waals surface area contributed by atoms with Gasteiger partial charge in [-0.1, -0.05) is 30.3 Å². The van der Waals surface area contributed by atoms with E-state index in [-0.39, 0.29) is 0 Å². The topological polar surface area (TPSA) is 26.7 Å². The first-order valence-corrected chi connectivity index (χ1v) is 8.33. The van der Waals surface area contributed by atoms with Crippen molar-refractivity contribution >= 4 is 0 Å². The summed E-state index contributed by atoms with van der Waals surface area (Å²) in [7, 11) is 0. The molecule has 0 aromatic heterocycles. The second-order valence-corrected chi connectivity index (χ2v) is 6.39. The van der Waals surface area contributed by atoms with Crippen molar-refractivity contribution in [1.82, 2.24) is 9.80 Å². The van der Waals surface area contributed by atoms with Gasteiger partial charge in [0.15, 0.2) is 0 Å². The number of aliphatic hydroxyl groups is 1. The van der Waals surface area contributed by atoms with E-state index in [9.17, 15) is 5.11 Å². The summed E-state index contributed by atoms with van der Waals surface area (Å²) in [5.41, 5.74) is 1.44. The van der Waals surface area contributed by atoms with Crippen LogP contribution in [0.1, 0.15) is 32.3 Å². The van der Waals surface area contributed by atoms with Crippen LogP contribution in [0.5, 0.6) is 0 Å². The molecule has 1 aromatic rings. The maximum Gasteiger partial charge on any atom is 0.0446 e. The fourth-order valence-electron chi connectivity index (χ4n) is 3.37. The molecule has 1 aliphatic heterocycles. The van der Waals surface area contributed by atoms with Gasteiger partial charge >= 0.3 is 0 Å². The van der Waals surface area contributed by atoms with Gasteiger partial charge in [-0.25, -0.2) is 0 Å². The number of aryl methyl sites for hydroxylation is 1. The van der Waals surface area contributed by atoms with E-state index in [1.807, 2.05) is 0 Å². The summed E-state index contributed by atoms with van der Waals surface area (Å²) in [5, 5.41) is 9.28. The van der Waals surface area contributed by atoms with Crippen molar-refractivity contribution in [2.45, 2.75) is 45.2 Å². The Labute approximate surface area is 129 Å². The molecule has 21 heavy (non-hydrogen) atoms. The van der Waals surface area contributed by atoms with E-state index in [4.69, 9.17) is 0 Å². The van der Waals surface area contributed by atoms with Crippen molar-refractivity contribution in [3.8, 4) is 0 Å². The minimum atomic E-state index is 0.297. The molecule has 0 radical (unpaired) electrons. The van der Waals surface area contributed by atoms with Crippen LogP contribution in [0, 0.1) is 0 Å². The molecule has 0 bridgehead atoms. The van der Waals surface area contributed by atoms with Crippen molar-refractivity contribution < 1.29 is 5.11 Å². The number of piperazine rings is 1. The fourth-order valence-corrected chi connectivity index (χ4v) is 3.37. The third kappa shape index (κ3) is 5.10. The average molecular weight is 290 g/mol. The summed E-state index contributed by atoms with van der Waals surface area (Å²) in [4.78, 5) is 5.12. The van der Waals surface area contributed by atoms with Gasteiger partial charge in [0.2, 0.25) is 0 Å². The van der Waals surface area contributed by atoms with E-state index in [2.05, 4.69) is 54.0 Å². The first kappa shape index (κ1) is 16.5. The number of hydrogen-bond donors (Lipinski definition) is 1. The predicted octanol–water partition coefficient (Wildman–Crippen LogP) is 2.40. The van der Waals surface area contributed by atoms with E-state index in [1.54, 1.807) is 0 Å². The molecule has 3 nitrogen and oxygen atoms in total. The smallest absolute Gasteiger partial charge is 0.0446 e. The van der Waals surface area contributed by atoms with Gasteiger partial charge in [-0.05, 0) is 45.2 Å². The van der Waals surface area contributed by atoms with Crippen LogP contribution < -0.4 is 0 Å². The normalized spacial score (nSPS) is 21.0. The van der Waals surface area contributed by atoms with Gasteiger partial charge in [0.1, 0.15) is 0 Å². The van der Waals surface area contributed by atoms with Crippen LogP contribution in [-0.2, 0) is 6.42 Å². The van der Waals surface area contributed by atoms with Gasteiger partial charge in [0, 0.05) is 38.3 Å². The highest BCUT2D eigenvalue weighted by molar-refractivity contribution is 5.14. The standard InChI is InChI=1S/C18H30N2O/c1-16(2)20-13-12-19(15-18(20)10-14-21)11-6-9-17-7-4-3-5-8-17/h3-5,7-8,16,18,21H,6,9-15H2,1-2H3/t18-/m0/s1. The third-order valence-corrected chi connectivity index (χ3v) is 4.52. The minimum Gasteiger partial charge on any atom is -0.396 e. The molecule has 0 spiro atoms. The highest BCUT2D eigenvalue weighted by Crippen LogP contribution is 2.16. The molecule has 0 aliphatic carbocycles. The second-order valence-electron chi connectivity index (χ2n) is 6.39. The lowest BCUT2D eigenvalue weighted by Gasteiger charge is -2.43.